The van der Waals surface area contributed by atoms with E-state index in [1.54, 1.807) is 0 Å². The van der Waals surface area contributed by atoms with Crippen molar-refractivity contribution in [1.82, 2.24) is 0 Å². The molecule has 57 heavy (non-hydrogen) atoms. The van der Waals surface area contributed by atoms with Crippen LogP contribution in [-0.2, 0) is 38.1 Å². The molecule has 0 radical (unpaired) electrons. The molecule has 5 aliphatic carbocycles. The summed E-state index contributed by atoms with van der Waals surface area (Å²) in [4.78, 5) is 50.9. The van der Waals surface area contributed by atoms with Crippen molar-refractivity contribution in [3.8, 4) is 0 Å². The maximum absolute atomic E-state index is 14.8. The number of hydrogen-bond acceptors (Lipinski definition) is 13. The average molecular weight is 809 g/mol. The van der Waals surface area contributed by atoms with Crippen LogP contribution in [0.15, 0.2) is 11.6 Å². The molecule has 8 N–H and O–H groups in total. The lowest BCUT2D eigenvalue weighted by Gasteiger charge is -2.70. The van der Waals surface area contributed by atoms with E-state index < -0.39 is 108 Å². The second-order valence-electron chi connectivity index (χ2n) is 19.9. The largest absolute Gasteiger partial charge is 0.481 e. The van der Waals surface area contributed by atoms with Crippen LogP contribution in [0.25, 0.3) is 0 Å². The van der Waals surface area contributed by atoms with E-state index in [4.69, 9.17) is 18.9 Å². The molecular weight excluding hydrogens is 748 g/mol. The first-order valence-corrected chi connectivity index (χ1v) is 20.4. The molecule has 0 amide bonds. The molecule has 320 valence electrons. The zero-order valence-corrected chi connectivity index (χ0v) is 33.4. The number of aliphatic hydroxyl groups is 5. The highest BCUT2D eigenvalue weighted by Gasteiger charge is 2.70. The maximum atomic E-state index is 14.8. The van der Waals surface area contributed by atoms with Gasteiger partial charge >= 0.3 is 17.9 Å². The molecule has 16 heteroatoms. The molecule has 0 spiro atoms. The molecule has 2 saturated heterocycles. The van der Waals surface area contributed by atoms with Crippen LogP contribution in [0.2, 0.25) is 0 Å². The van der Waals surface area contributed by atoms with E-state index in [1.165, 1.54) is 0 Å². The number of fused-ring (bicyclic) bond motifs is 7. The van der Waals surface area contributed by atoms with Crippen molar-refractivity contribution in [3.05, 3.63) is 11.6 Å². The van der Waals surface area contributed by atoms with Crippen LogP contribution in [0.4, 0.5) is 0 Å². The molecule has 0 bridgehead atoms. The molecule has 7 aliphatic rings. The van der Waals surface area contributed by atoms with E-state index in [2.05, 4.69) is 27.7 Å². The first-order chi connectivity index (χ1) is 26.4. The van der Waals surface area contributed by atoms with Gasteiger partial charge in [-0.15, -0.1) is 0 Å². The van der Waals surface area contributed by atoms with Crippen LogP contribution in [0.3, 0.4) is 0 Å². The Morgan fingerprint density at radius 1 is 0.684 bits per heavy atom. The van der Waals surface area contributed by atoms with Crippen LogP contribution in [0.5, 0.6) is 0 Å². The lowest BCUT2D eigenvalue weighted by molar-refractivity contribution is -0.371. The van der Waals surface area contributed by atoms with Crippen molar-refractivity contribution in [1.29, 1.82) is 0 Å². The van der Waals surface area contributed by atoms with Crippen molar-refractivity contribution >= 4 is 23.7 Å². The maximum Gasteiger partial charge on any atom is 0.335 e. The SMILES string of the molecule is CC1(C)C(O[C@@H]2O[C@H](C(=O)O)[C@@H](O)[C@H](O)[C@H]2O[C@@H]2O[C@H](C(=O)O)[C@@H](O)[C@H](O)[C@H]2O)CC[C@]2(C)[C@H]3C(=O)C=C4[C@@H]5C[C@@H](C(=O)O)CC[C@]5(C)CC[C@@]4(C)[C@]3(C)CC[C@@H]12. The van der Waals surface area contributed by atoms with Gasteiger partial charge in [0, 0.05) is 5.92 Å². The van der Waals surface area contributed by atoms with Gasteiger partial charge in [0.1, 0.15) is 36.6 Å². The Balaban J connectivity index is 1.17. The van der Waals surface area contributed by atoms with E-state index in [-0.39, 0.29) is 34.4 Å². The molecule has 0 aromatic rings. The van der Waals surface area contributed by atoms with Crippen LogP contribution >= 0.6 is 0 Å². The van der Waals surface area contributed by atoms with Gasteiger partial charge in [-0.25, -0.2) is 9.59 Å². The molecule has 6 fully saturated rings. The number of hydrogen-bond donors (Lipinski definition) is 8. The van der Waals surface area contributed by atoms with Crippen molar-refractivity contribution in [2.24, 2.45) is 50.7 Å². The zero-order valence-electron chi connectivity index (χ0n) is 33.4. The first kappa shape index (κ1) is 42.6. The van der Waals surface area contributed by atoms with Crippen LogP contribution in [0, 0.1) is 50.7 Å². The smallest absolute Gasteiger partial charge is 0.335 e. The van der Waals surface area contributed by atoms with Gasteiger partial charge in [0.05, 0.1) is 12.0 Å². The summed E-state index contributed by atoms with van der Waals surface area (Å²) >= 11 is 0. The predicted octanol–water partition coefficient (Wildman–Crippen LogP) is 1.86. The van der Waals surface area contributed by atoms with Gasteiger partial charge in [-0.1, -0.05) is 47.1 Å². The number of carbonyl (C=O) groups is 4. The summed E-state index contributed by atoms with van der Waals surface area (Å²) in [6.45, 7) is 13.0. The zero-order chi connectivity index (χ0) is 41.9. The summed E-state index contributed by atoms with van der Waals surface area (Å²) in [5.74, 6) is -4.84. The monoisotopic (exact) mass is 808 g/mol. The quantitative estimate of drug-likeness (QED) is 0.171. The molecule has 2 aliphatic heterocycles. The Labute approximate surface area is 331 Å². The number of carbonyl (C=O) groups excluding carboxylic acids is 1. The number of ether oxygens (including phenoxy) is 4. The molecule has 0 aromatic heterocycles. The highest BCUT2D eigenvalue weighted by molar-refractivity contribution is 5.95. The third-order valence-corrected chi connectivity index (χ3v) is 16.7. The Bertz CT molecular complexity index is 1680. The van der Waals surface area contributed by atoms with Crippen molar-refractivity contribution in [2.45, 2.75) is 167 Å². The summed E-state index contributed by atoms with van der Waals surface area (Å²) in [7, 11) is 0. The molecule has 19 atom stereocenters. The van der Waals surface area contributed by atoms with E-state index in [0.29, 0.717) is 25.7 Å². The van der Waals surface area contributed by atoms with E-state index >= 15 is 0 Å². The normalized spacial score (nSPS) is 51.9. The molecule has 2 heterocycles. The minimum Gasteiger partial charge on any atom is -0.481 e. The van der Waals surface area contributed by atoms with Gasteiger partial charge in [-0.05, 0) is 103 Å². The first-order valence-electron chi connectivity index (χ1n) is 20.4. The lowest BCUT2D eigenvalue weighted by Crippen LogP contribution is -2.68. The second kappa shape index (κ2) is 14.3. The number of rotatable bonds is 7. The lowest BCUT2D eigenvalue weighted by atomic mass is 9.33. The molecule has 0 aromatic carbocycles. The van der Waals surface area contributed by atoms with Gasteiger partial charge in [0.25, 0.3) is 0 Å². The fourth-order valence-corrected chi connectivity index (χ4v) is 13.2. The number of carboxylic acid groups (broad SMARTS) is 3. The van der Waals surface area contributed by atoms with Gasteiger partial charge in [0.15, 0.2) is 30.6 Å². The molecule has 7 rings (SSSR count). The van der Waals surface area contributed by atoms with Gasteiger partial charge in [-0.3, -0.25) is 9.59 Å². The van der Waals surface area contributed by atoms with Gasteiger partial charge in [0.2, 0.25) is 0 Å². The second-order valence-corrected chi connectivity index (χ2v) is 19.9. The van der Waals surface area contributed by atoms with E-state index in [0.717, 1.165) is 37.7 Å². The number of aliphatic hydroxyl groups excluding tert-OH is 5. The minimum absolute atomic E-state index is 0.0107. The van der Waals surface area contributed by atoms with E-state index in [1.807, 2.05) is 19.9 Å². The summed E-state index contributed by atoms with van der Waals surface area (Å²) in [6, 6.07) is 0. The number of carboxylic acids is 3. The van der Waals surface area contributed by atoms with Crippen LogP contribution in [0.1, 0.15) is 99.3 Å². The van der Waals surface area contributed by atoms with Crippen molar-refractivity contribution in [3.63, 3.8) is 0 Å². The highest BCUT2D eigenvalue weighted by Crippen LogP contribution is 2.75. The summed E-state index contributed by atoms with van der Waals surface area (Å²) in [5, 5.41) is 82.7. The number of allylic oxidation sites excluding steroid dienone is 2. The molecule has 16 nitrogen and oxygen atoms in total. The molecule has 4 saturated carbocycles. The third-order valence-electron chi connectivity index (χ3n) is 16.7. The fourth-order valence-electron chi connectivity index (χ4n) is 13.2. The third kappa shape index (κ3) is 6.34. The Morgan fingerprint density at radius 2 is 1.30 bits per heavy atom. The van der Waals surface area contributed by atoms with E-state index in [9.17, 15) is 60.0 Å². The van der Waals surface area contributed by atoms with Gasteiger partial charge < -0.3 is 59.8 Å². The minimum atomic E-state index is -2.05. The number of aliphatic carboxylic acids is 3. The number of ketones is 1. The fraction of sp³-hybridized carbons (Fsp3) is 0.854. The summed E-state index contributed by atoms with van der Waals surface area (Å²) in [5.41, 5.74) is -0.867. The Hall–Kier alpha value is -2.54. The van der Waals surface area contributed by atoms with Gasteiger partial charge in [-0.2, -0.15) is 0 Å². The van der Waals surface area contributed by atoms with Crippen LogP contribution < -0.4 is 0 Å². The van der Waals surface area contributed by atoms with Crippen molar-refractivity contribution in [2.75, 3.05) is 0 Å². The standard InChI is InChI=1S/C41H60O16/c1-37(2)21-8-12-41(6)31(20(42)16-19-18-15-17(32(48)49)7-10-38(18,3)13-14-40(19,41)5)39(21,4)11-9-22(37)54-36-30(26(46)25(45)29(56-36)34(52)53)57-35-27(47)23(43)24(44)28(55-35)33(50)51/h16-18,21-31,35-36,43-47H,7-15H2,1-6H3,(H,48,49)(H,50,51)(H,52,53)/t17-,18-,21-,22?,23-,24-,25-,26-,27+,28-,29-,30+,31+,35-,36+,38+,39-,40+,41+/m0/s1. The summed E-state index contributed by atoms with van der Waals surface area (Å²) in [6.07, 6.45) is -12.1. The van der Waals surface area contributed by atoms with Crippen LogP contribution in [-0.4, -0.2) is 132 Å². The summed E-state index contributed by atoms with van der Waals surface area (Å²) < 4.78 is 23.3. The highest BCUT2D eigenvalue weighted by atomic mass is 16.8. The molecular formula is C41H60O16. The molecule has 1 unspecified atom stereocenters. The van der Waals surface area contributed by atoms with Crippen molar-refractivity contribution < 1.29 is 79.0 Å². The average Bonchev–Trinajstić information content (AvgIpc) is 3.12. The topological polar surface area (TPSA) is 267 Å². The Morgan fingerprint density at radius 3 is 1.91 bits per heavy atom. The Kier molecular flexibility index (Phi) is 10.7. The predicted molar refractivity (Wildman–Crippen MR) is 195 cm³/mol.